The van der Waals surface area contributed by atoms with Gasteiger partial charge in [-0.05, 0) is 24.3 Å². The molecule has 0 radical (unpaired) electrons. The molecule has 0 bridgehead atoms. The second-order valence-electron chi connectivity index (χ2n) is 5.24. The van der Waals surface area contributed by atoms with E-state index in [9.17, 15) is 9.59 Å². The smallest absolute Gasteiger partial charge is 0.256 e. The van der Waals surface area contributed by atoms with Crippen molar-refractivity contribution in [2.45, 2.75) is 4.34 Å². The summed E-state index contributed by atoms with van der Waals surface area (Å²) in [6, 6.07) is 16.2. The molecule has 3 N–H and O–H groups in total. The summed E-state index contributed by atoms with van der Waals surface area (Å²) in [6.07, 6.45) is 0. The van der Waals surface area contributed by atoms with Gasteiger partial charge in [0.15, 0.2) is 4.34 Å². The highest BCUT2D eigenvalue weighted by Gasteiger charge is 2.17. The van der Waals surface area contributed by atoms with Crippen LogP contribution in [0.15, 0.2) is 58.9 Å². The van der Waals surface area contributed by atoms with Crippen LogP contribution in [0.25, 0.3) is 11.3 Å². The van der Waals surface area contributed by atoms with Crippen LogP contribution < -0.4 is 11.1 Å². The van der Waals surface area contributed by atoms with Crippen molar-refractivity contribution in [2.24, 2.45) is 5.73 Å². The van der Waals surface area contributed by atoms with Gasteiger partial charge in [0.05, 0.1) is 5.75 Å². The quantitative estimate of drug-likeness (QED) is 0.601. The van der Waals surface area contributed by atoms with Gasteiger partial charge in [-0.3, -0.25) is 9.59 Å². The largest absolute Gasteiger partial charge is 0.369 e. The van der Waals surface area contributed by atoms with Crippen LogP contribution in [-0.2, 0) is 4.79 Å². The Morgan fingerprint density at radius 1 is 1.12 bits per heavy atom. The first-order valence-electron chi connectivity index (χ1n) is 7.57. The summed E-state index contributed by atoms with van der Waals surface area (Å²) < 4.78 is 0.661. The van der Waals surface area contributed by atoms with Crippen LogP contribution in [0.3, 0.4) is 0 Å². The number of hydrogen-bond acceptors (Lipinski definition) is 5. The Morgan fingerprint density at radius 3 is 2.46 bits per heavy atom. The van der Waals surface area contributed by atoms with Crippen molar-refractivity contribution in [3.8, 4) is 11.3 Å². The summed E-state index contributed by atoms with van der Waals surface area (Å²) in [5.74, 6) is -0.543. The summed E-state index contributed by atoms with van der Waals surface area (Å²) in [4.78, 5) is 28.1. The number of anilines is 1. The molecule has 0 atom stereocenters. The van der Waals surface area contributed by atoms with Gasteiger partial charge in [-0.15, -0.1) is 0 Å². The highest BCUT2D eigenvalue weighted by Crippen LogP contribution is 2.37. The number of amides is 2. The van der Waals surface area contributed by atoms with Crippen LogP contribution in [-0.4, -0.2) is 22.6 Å². The number of benzene rings is 2. The van der Waals surface area contributed by atoms with E-state index in [4.69, 9.17) is 17.3 Å². The van der Waals surface area contributed by atoms with Gasteiger partial charge in [0.2, 0.25) is 5.91 Å². The standard InChI is InChI=1S/C18H14ClN3O2S2/c19-13-8-6-12(7-9-13)16(24)22-17-15(11-4-2-1-3-5-11)21-18(26-17)25-10-14(20)23/h1-9H,10H2,(H2,20,23)(H,22,24). The molecule has 5 nitrogen and oxygen atoms in total. The van der Waals surface area contributed by atoms with Crippen LogP contribution in [0.4, 0.5) is 5.00 Å². The SMILES string of the molecule is NC(=O)CSc1nc(-c2ccccc2)c(NC(=O)c2ccc(Cl)cc2)s1. The third-order valence-corrected chi connectivity index (χ3v) is 5.71. The van der Waals surface area contributed by atoms with E-state index in [2.05, 4.69) is 10.3 Å². The molecule has 132 valence electrons. The number of aromatic nitrogens is 1. The van der Waals surface area contributed by atoms with Crippen molar-refractivity contribution in [3.05, 3.63) is 65.2 Å². The van der Waals surface area contributed by atoms with Crippen molar-refractivity contribution in [1.82, 2.24) is 4.98 Å². The number of carbonyl (C=O) groups is 2. The van der Waals surface area contributed by atoms with Gasteiger partial charge in [-0.2, -0.15) is 0 Å². The molecule has 0 aliphatic rings. The summed E-state index contributed by atoms with van der Waals surface area (Å²) >= 11 is 8.42. The van der Waals surface area contributed by atoms with Crippen molar-refractivity contribution in [3.63, 3.8) is 0 Å². The van der Waals surface area contributed by atoms with E-state index < -0.39 is 5.91 Å². The Kier molecular flexibility index (Phi) is 5.92. The second kappa shape index (κ2) is 8.35. The van der Waals surface area contributed by atoms with E-state index in [0.717, 1.165) is 5.56 Å². The van der Waals surface area contributed by atoms with E-state index in [1.54, 1.807) is 24.3 Å². The maximum absolute atomic E-state index is 12.5. The first kappa shape index (κ1) is 18.4. The van der Waals surface area contributed by atoms with Gasteiger partial charge in [0, 0.05) is 16.1 Å². The van der Waals surface area contributed by atoms with Crippen molar-refractivity contribution in [2.75, 3.05) is 11.1 Å². The minimum absolute atomic E-state index is 0.131. The monoisotopic (exact) mass is 403 g/mol. The predicted molar refractivity (Wildman–Crippen MR) is 107 cm³/mol. The van der Waals surface area contributed by atoms with Gasteiger partial charge in [-0.25, -0.2) is 4.98 Å². The zero-order valence-electron chi connectivity index (χ0n) is 13.4. The molecular formula is C18H14ClN3O2S2. The first-order chi connectivity index (χ1) is 12.5. The lowest BCUT2D eigenvalue weighted by atomic mass is 10.1. The number of halogens is 1. The molecule has 0 spiro atoms. The van der Waals surface area contributed by atoms with Crippen molar-refractivity contribution < 1.29 is 9.59 Å². The average molecular weight is 404 g/mol. The molecule has 0 aliphatic heterocycles. The number of carbonyl (C=O) groups excluding carboxylic acids is 2. The molecule has 26 heavy (non-hydrogen) atoms. The minimum Gasteiger partial charge on any atom is -0.369 e. The number of nitrogens with two attached hydrogens (primary N) is 1. The Morgan fingerprint density at radius 2 is 1.81 bits per heavy atom. The molecule has 0 unspecified atom stereocenters. The fraction of sp³-hybridized carbons (Fsp3) is 0.0556. The molecule has 2 aromatic carbocycles. The maximum atomic E-state index is 12.5. The number of nitrogens with zero attached hydrogens (tertiary/aromatic N) is 1. The predicted octanol–water partition coefficient (Wildman–Crippen LogP) is 4.29. The van der Waals surface area contributed by atoms with Crippen molar-refractivity contribution >= 4 is 51.5 Å². The Labute approximate surface area is 163 Å². The van der Waals surface area contributed by atoms with E-state index in [1.165, 1.54) is 23.1 Å². The molecule has 2 amide bonds. The van der Waals surface area contributed by atoms with Crippen molar-refractivity contribution in [1.29, 1.82) is 0 Å². The number of primary amides is 1. The third kappa shape index (κ3) is 4.63. The lowest BCUT2D eigenvalue weighted by molar-refractivity contribution is -0.115. The fourth-order valence-corrected chi connectivity index (χ4v) is 4.07. The molecule has 1 aromatic heterocycles. The van der Waals surface area contributed by atoms with Gasteiger partial charge in [-0.1, -0.05) is 65.0 Å². The third-order valence-electron chi connectivity index (χ3n) is 3.33. The zero-order chi connectivity index (χ0) is 18.5. The zero-order valence-corrected chi connectivity index (χ0v) is 15.8. The molecule has 3 aromatic rings. The van der Waals surface area contributed by atoms with Crippen LogP contribution in [0.2, 0.25) is 5.02 Å². The average Bonchev–Trinajstić information content (AvgIpc) is 3.04. The van der Waals surface area contributed by atoms with Gasteiger partial charge in [0.1, 0.15) is 10.7 Å². The topological polar surface area (TPSA) is 85.1 Å². The van der Waals surface area contributed by atoms with Gasteiger partial charge < -0.3 is 11.1 Å². The minimum atomic E-state index is -0.418. The number of nitrogens with one attached hydrogen (secondary N) is 1. The van der Waals surface area contributed by atoms with Crippen LogP contribution in [0.1, 0.15) is 10.4 Å². The molecule has 0 aliphatic carbocycles. The molecule has 8 heteroatoms. The lowest BCUT2D eigenvalue weighted by Gasteiger charge is -2.05. The number of rotatable bonds is 6. The lowest BCUT2D eigenvalue weighted by Crippen LogP contribution is -2.12. The highest BCUT2D eigenvalue weighted by molar-refractivity contribution is 8.01. The van der Waals surface area contributed by atoms with Crippen LogP contribution in [0.5, 0.6) is 0 Å². The highest BCUT2D eigenvalue weighted by atomic mass is 35.5. The van der Waals surface area contributed by atoms with Gasteiger partial charge >= 0.3 is 0 Å². The Hall–Kier alpha value is -2.35. The molecular weight excluding hydrogens is 390 g/mol. The van der Waals surface area contributed by atoms with Gasteiger partial charge in [0.25, 0.3) is 5.91 Å². The Balaban J connectivity index is 1.89. The van der Waals surface area contributed by atoms with E-state index in [0.29, 0.717) is 25.6 Å². The summed E-state index contributed by atoms with van der Waals surface area (Å²) in [5, 5.41) is 4.08. The summed E-state index contributed by atoms with van der Waals surface area (Å²) in [5.41, 5.74) is 7.23. The van der Waals surface area contributed by atoms with Crippen LogP contribution >= 0.6 is 34.7 Å². The summed E-state index contributed by atoms with van der Waals surface area (Å²) in [7, 11) is 0. The van der Waals surface area contributed by atoms with E-state index >= 15 is 0 Å². The molecule has 3 rings (SSSR count). The number of hydrogen-bond donors (Lipinski definition) is 2. The normalized spacial score (nSPS) is 10.5. The Bertz CT molecular complexity index is 927. The summed E-state index contributed by atoms with van der Waals surface area (Å²) in [6.45, 7) is 0. The molecule has 1 heterocycles. The van der Waals surface area contributed by atoms with E-state index in [1.807, 2.05) is 30.3 Å². The van der Waals surface area contributed by atoms with E-state index in [-0.39, 0.29) is 11.7 Å². The molecule has 0 fully saturated rings. The van der Waals surface area contributed by atoms with Crippen LogP contribution in [0, 0.1) is 0 Å². The number of thioether (sulfide) groups is 1. The first-order valence-corrected chi connectivity index (χ1v) is 9.75. The maximum Gasteiger partial charge on any atom is 0.256 e. The fourth-order valence-electron chi connectivity index (χ4n) is 2.15. The number of thiazole rings is 1. The molecule has 0 saturated carbocycles. The molecule has 0 saturated heterocycles. The second-order valence-corrected chi connectivity index (χ2v) is 7.90.